The van der Waals surface area contributed by atoms with Gasteiger partial charge in [-0.05, 0) is 77.0 Å². The molecule has 0 saturated carbocycles. The topological polar surface area (TPSA) is 78.9 Å². The van der Waals surface area contributed by atoms with Gasteiger partial charge in [0.25, 0.3) is 0 Å². The Bertz CT molecular complexity index is 1150. The number of hydrogen-bond acceptors (Lipinski definition) is 6. The summed E-state index contributed by atoms with van der Waals surface area (Å²) in [7, 11) is 0. The van der Waals surface area contributed by atoms with Crippen LogP contribution in [0.15, 0.2) is 60.8 Å². The predicted octanol–water partition coefficient (Wildman–Crippen LogP) is 17.6. The van der Waals surface area contributed by atoms with Crippen molar-refractivity contribution in [1.82, 2.24) is 0 Å². The molecule has 0 unspecified atom stereocenters. The lowest BCUT2D eigenvalue weighted by molar-refractivity contribution is -0.167. The van der Waals surface area contributed by atoms with Gasteiger partial charge >= 0.3 is 17.9 Å². The molecule has 6 heteroatoms. The molecule has 0 heterocycles. The molecule has 6 nitrogen and oxygen atoms in total. The van der Waals surface area contributed by atoms with Crippen molar-refractivity contribution in [3.05, 3.63) is 60.8 Å². The van der Waals surface area contributed by atoms with Crippen molar-refractivity contribution in [2.24, 2.45) is 0 Å². The Kier molecular flexibility index (Phi) is 49.4. The van der Waals surface area contributed by atoms with E-state index in [4.69, 9.17) is 14.2 Å². The van der Waals surface area contributed by atoms with Gasteiger partial charge in [0, 0.05) is 19.3 Å². The summed E-state index contributed by atoms with van der Waals surface area (Å²) in [4.78, 5) is 38.0. The highest BCUT2D eigenvalue weighted by Crippen LogP contribution is 2.15. The summed E-state index contributed by atoms with van der Waals surface area (Å²) in [6, 6.07) is 0. The highest BCUT2D eigenvalue weighted by atomic mass is 16.6. The number of hydrogen-bond donors (Lipinski definition) is 0. The molecule has 0 bridgehead atoms. The standard InChI is InChI=1S/C57H100O6/c1-4-7-10-13-16-19-22-24-26-28-30-32-35-38-41-44-47-50-56(59)62-53-54(52-61-55(58)49-46-43-40-37-34-21-18-15-12-9-6-3)63-57(60)51-48-45-42-39-36-33-31-29-27-25-23-20-17-14-11-8-5-2/h15,17-18,20,25,27,31,33,39,42,54H,4-14,16,19,21-24,26,28-30,32,34-38,40-41,43-53H2,1-3H3/b18-15-,20-17-,27-25-,33-31-,42-39-/t54-/m1/s1. The molecule has 1 atom stereocenters. The average molecular weight is 881 g/mol. The molecule has 0 aromatic carbocycles. The highest BCUT2D eigenvalue weighted by Gasteiger charge is 2.19. The lowest BCUT2D eigenvalue weighted by atomic mass is 10.0. The van der Waals surface area contributed by atoms with Gasteiger partial charge in [0.15, 0.2) is 6.10 Å². The van der Waals surface area contributed by atoms with Gasteiger partial charge in [-0.2, -0.15) is 0 Å². The molecule has 0 aromatic heterocycles. The minimum Gasteiger partial charge on any atom is -0.462 e. The van der Waals surface area contributed by atoms with Gasteiger partial charge in [0.1, 0.15) is 13.2 Å². The summed E-state index contributed by atoms with van der Waals surface area (Å²) in [5.41, 5.74) is 0. The molecule has 364 valence electrons. The third-order valence-corrected chi connectivity index (χ3v) is 11.5. The number of carbonyl (C=O) groups excluding carboxylic acids is 3. The Morgan fingerprint density at radius 2 is 0.603 bits per heavy atom. The van der Waals surface area contributed by atoms with Crippen molar-refractivity contribution in [3.8, 4) is 0 Å². The van der Waals surface area contributed by atoms with Crippen molar-refractivity contribution < 1.29 is 28.6 Å². The quantitative estimate of drug-likeness (QED) is 0.0262. The minimum absolute atomic E-state index is 0.0964. The van der Waals surface area contributed by atoms with E-state index >= 15 is 0 Å². The fraction of sp³-hybridized carbons (Fsp3) is 0.772. The van der Waals surface area contributed by atoms with E-state index in [1.165, 1.54) is 148 Å². The fourth-order valence-corrected chi connectivity index (χ4v) is 7.42. The van der Waals surface area contributed by atoms with E-state index in [0.29, 0.717) is 19.3 Å². The molecule has 0 aromatic rings. The molecular weight excluding hydrogens is 781 g/mol. The van der Waals surface area contributed by atoms with Crippen molar-refractivity contribution in [1.29, 1.82) is 0 Å². The third kappa shape index (κ3) is 50.0. The summed E-state index contributed by atoms with van der Waals surface area (Å²) >= 11 is 0. The maximum atomic E-state index is 12.8. The Labute approximate surface area is 390 Å². The van der Waals surface area contributed by atoms with Gasteiger partial charge in [-0.3, -0.25) is 14.4 Å². The van der Waals surface area contributed by atoms with Gasteiger partial charge in [-0.15, -0.1) is 0 Å². The van der Waals surface area contributed by atoms with Crippen LogP contribution in [0.3, 0.4) is 0 Å². The molecule has 0 aliphatic rings. The second-order valence-corrected chi connectivity index (χ2v) is 17.8. The first kappa shape index (κ1) is 60.1. The molecule has 63 heavy (non-hydrogen) atoms. The van der Waals surface area contributed by atoms with E-state index in [1.807, 2.05) is 0 Å². The SMILES string of the molecule is CCCC/C=C\CCCCCCCC(=O)OC[C@H](COC(=O)CCCCCCCCCCCCCCCCCCC)OC(=O)CCC/C=C\C/C=C\C/C=C\C/C=C\CCCCC. The first-order chi connectivity index (χ1) is 31.0. The first-order valence-corrected chi connectivity index (χ1v) is 26.8. The van der Waals surface area contributed by atoms with E-state index in [2.05, 4.69) is 81.5 Å². The van der Waals surface area contributed by atoms with Gasteiger partial charge in [0.05, 0.1) is 0 Å². The normalized spacial score (nSPS) is 12.5. The second kappa shape index (κ2) is 51.7. The van der Waals surface area contributed by atoms with Gasteiger partial charge in [-0.1, -0.05) is 229 Å². The third-order valence-electron chi connectivity index (χ3n) is 11.5. The van der Waals surface area contributed by atoms with Crippen LogP contribution < -0.4 is 0 Å². The van der Waals surface area contributed by atoms with Crippen LogP contribution in [0, 0.1) is 0 Å². The lowest BCUT2D eigenvalue weighted by Crippen LogP contribution is -2.30. The van der Waals surface area contributed by atoms with Gasteiger partial charge in [-0.25, -0.2) is 0 Å². The van der Waals surface area contributed by atoms with Crippen LogP contribution in [-0.4, -0.2) is 37.2 Å². The van der Waals surface area contributed by atoms with Crippen LogP contribution in [-0.2, 0) is 28.6 Å². The first-order valence-electron chi connectivity index (χ1n) is 26.8. The Balaban J connectivity index is 4.42. The van der Waals surface area contributed by atoms with Crippen LogP contribution in [0.2, 0.25) is 0 Å². The molecule has 0 amide bonds. The number of esters is 3. The van der Waals surface area contributed by atoms with E-state index < -0.39 is 6.10 Å². The van der Waals surface area contributed by atoms with Crippen molar-refractivity contribution in [3.63, 3.8) is 0 Å². The van der Waals surface area contributed by atoms with Crippen LogP contribution in [0.5, 0.6) is 0 Å². The van der Waals surface area contributed by atoms with Gasteiger partial charge < -0.3 is 14.2 Å². The molecule has 0 radical (unpaired) electrons. The van der Waals surface area contributed by atoms with E-state index in [0.717, 1.165) is 70.6 Å². The molecule has 0 spiro atoms. The Hall–Kier alpha value is -2.89. The smallest absolute Gasteiger partial charge is 0.306 e. The summed E-state index contributed by atoms with van der Waals surface area (Å²) < 4.78 is 16.7. The maximum Gasteiger partial charge on any atom is 0.306 e. The van der Waals surface area contributed by atoms with E-state index in [9.17, 15) is 14.4 Å². The van der Waals surface area contributed by atoms with Crippen LogP contribution >= 0.6 is 0 Å². The number of rotatable bonds is 48. The minimum atomic E-state index is -0.803. The van der Waals surface area contributed by atoms with Crippen LogP contribution in [0.1, 0.15) is 265 Å². The molecule has 0 aliphatic carbocycles. The maximum absolute atomic E-state index is 12.8. The summed E-state index contributed by atoms with van der Waals surface area (Å²) in [5, 5.41) is 0. The molecule has 0 rings (SSSR count). The Morgan fingerprint density at radius 3 is 1.03 bits per heavy atom. The lowest BCUT2D eigenvalue weighted by Gasteiger charge is -2.18. The van der Waals surface area contributed by atoms with Crippen LogP contribution in [0.25, 0.3) is 0 Å². The zero-order chi connectivity index (χ0) is 45.8. The number of allylic oxidation sites excluding steroid dienone is 10. The number of ether oxygens (including phenoxy) is 3. The Morgan fingerprint density at radius 1 is 0.317 bits per heavy atom. The van der Waals surface area contributed by atoms with E-state index in [-0.39, 0.29) is 37.5 Å². The van der Waals surface area contributed by atoms with Gasteiger partial charge in [0.2, 0.25) is 0 Å². The monoisotopic (exact) mass is 881 g/mol. The molecule has 0 saturated heterocycles. The van der Waals surface area contributed by atoms with Crippen LogP contribution in [0.4, 0.5) is 0 Å². The zero-order valence-corrected chi connectivity index (χ0v) is 41.6. The molecule has 0 fully saturated rings. The van der Waals surface area contributed by atoms with Crippen molar-refractivity contribution >= 4 is 17.9 Å². The molecule has 0 aliphatic heterocycles. The van der Waals surface area contributed by atoms with Crippen molar-refractivity contribution in [2.45, 2.75) is 271 Å². The number of carbonyl (C=O) groups is 3. The largest absolute Gasteiger partial charge is 0.462 e. The fourth-order valence-electron chi connectivity index (χ4n) is 7.42. The summed E-state index contributed by atoms with van der Waals surface area (Å²) in [5.74, 6) is -0.957. The predicted molar refractivity (Wildman–Crippen MR) is 270 cm³/mol. The molecular formula is C57H100O6. The second-order valence-electron chi connectivity index (χ2n) is 17.8. The summed E-state index contributed by atoms with van der Waals surface area (Å²) in [6.07, 6.45) is 63.5. The highest BCUT2D eigenvalue weighted by molar-refractivity contribution is 5.71. The van der Waals surface area contributed by atoms with E-state index in [1.54, 1.807) is 0 Å². The number of unbranched alkanes of at least 4 members (excludes halogenated alkanes) is 27. The zero-order valence-electron chi connectivity index (χ0n) is 41.6. The summed E-state index contributed by atoms with van der Waals surface area (Å²) in [6.45, 7) is 6.53. The average Bonchev–Trinajstić information content (AvgIpc) is 3.28. The molecule has 0 N–H and O–H groups in total. The van der Waals surface area contributed by atoms with Crippen molar-refractivity contribution in [2.75, 3.05) is 13.2 Å².